The van der Waals surface area contributed by atoms with Crippen molar-refractivity contribution in [3.8, 4) is 0 Å². The van der Waals surface area contributed by atoms with Crippen molar-refractivity contribution in [2.24, 2.45) is 4.99 Å². The third-order valence-corrected chi connectivity index (χ3v) is 3.53. The van der Waals surface area contributed by atoms with Gasteiger partial charge >= 0.3 is 0 Å². The molecule has 0 bridgehead atoms. The van der Waals surface area contributed by atoms with Crippen molar-refractivity contribution < 1.29 is 32.9 Å². The first-order valence-electron chi connectivity index (χ1n) is 7.42. The molecule has 144 valence electrons. The lowest BCUT2D eigenvalue weighted by atomic mass is 9.98. The van der Waals surface area contributed by atoms with E-state index in [1.807, 2.05) is 0 Å². The van der Waals surface area contributed by atoms with Crippen LogP contribution in [0.2, 0.25) is 0 Å². The highest BCUT2D eigenvalue weighted by Crippen LogP contribution is 2.25. The van der Waals surface area contributed by atoms with Crippen LogP contribution in [-0.4, -0.2) is 69.7 Å². The van der Waals surface area contributed by atoms with E-state index in [2.05, 4.69) is 16.9 Å². The number of halogens is 2. The molecule has 0 saturated heterocycles. The Kier molecular flexibility index (Phi) is 10.1. The zero-order valence-corrected chi connectivity index (χ0v) is 15.1. The molecular formula is C16H26F2N2O5. The maximum Gasteiger partial charge on any atom is 0.256 e. The molecule has 0 aromatic rings. The van der Waals surface area contributed by atoms with Gasteiger partial charge in [0.2, 0.25) is 0 Å². The van der Waals surface area contributed by atoms with Crippen LogP contribution in [0.4, 0.5) is 8.78 Å². The average Bonchev–Trinajstić information content (AvgIpc) is 2.54. The fraction of sp³-hybridized carbons (Fsp3) is 0.625. The molecule has 0 radical (unpaired) electrons. The molecule has 0 aromatic heterocycles. The molecule has 0 heterocycles. The van der Waals surface area contributed by atoms with E-state index in [0.29, 0.717) is 0 Å². The summed E-state index contributed by atoms with van der Waals surface area (Å²) < 4.78 is 42.0. The molecule has 7 nitrogen and oxygen atoms in total. The van der Waals surface area contributed by atoms with Gasteiger partial charge in [-0.15, -0.1) is 0 Å². The van der Waals surface area contributed by atoms with Gasteiger partial charge in [0.15, 0.2) is 12.0 Å². The number of ether oxygens (including phenoxy) is 3. The number of alkyl halides is 1. The smallest absolute Gasteiger partial charge is 0.256 e. The first-order chi connectivity index (χ1) is 11.6. The van der Waals surface area contributed by atoms with Gasteiger partial charge in [-0.05, 0) is 13.8 Å². The van der Waals surface area contributed by atoms with Gasteiger partial charge in [0, 0.05) is 27.5 Å². The number of amides is 1. The largest absolute Gasteiger partial charge is 0.509 e. The minimum atomic E-state index is -2.47. The van der Waals surface area contributed by atoms with Crippen LogP contribution < -0.4 is 5.32 Å². The standard InChI is InChI=1S/C16H26F2N2O5/c1-10(17)16(3,18)11(2)20-15(22)12(13(21)9-23-4)7-19-8-14(24-5)25-6/h7,11,14,21H,1,8-9H2,2-6H3,(H,20,22). The van der Waals surface area contributed by atoms with Crippen molar-refractivity contribution in [2.45, 2.75) is 31.8 Å². The van der Waals surface area contributed by atoms with E-state index < -0.39 is 35.5 Å². The van der Waals surface area contributed by atoms with Gasteiger partial charge in [0.25, 0.3) is 5.91 Å². The van der Waals surface area contributed by atoms with Gasteiger partial charge < -0.3 is 24.6 Å². The molecule has 1 amide bonds. The van der Waals surface area contributed by atoms with E-state index in [4.69, 9.17) is 14.2 Å². The summed E-state index contributed by atoms with van der Waals surface area (Å²) in [5, 5.41) is 12.2. The summed E-state index contributed by atoms with van der Waals surface area (Å²) in [6.45, 7) is 4.95. The second-order valence-corrected chi connectivity index (χ2v) is 5.36. The fourth-order valence-corrected chi connectivity index (χ4v) is 1.60. The Hall–Kier alpha value is -1.84. The molecule has 2 atom stereocenters. The number of rotatable bonds is 11. The van der Waals surface area contributed by atoms with Gasteiger partial charge in [0.1, 0.15) is 18.2 Å². The Morgan fingerprint density at radius 3 is 2.40 bits per heavy atom. The zero-order chi connectivity index (χ0) is 19.6. The van der Waals surface area contributed by atoms with Crippen LogP contribution in [0.1, 0.15) is 13.8 Å². The molecule has 9 heteroatoms. The van der Waals surface area contributed by atoms with Crippen molar-refractivity contribution >= 4 is 12.1 Å². The summed E-state index contributed by atoms with van der Waals surface area (Å²) in [5.41, 5.74) is -2.72. The summed E-state index contributed by atoms with van der Waals surface area (Å²) in [4.78, 5) is 16.2. The first-order valence-corrected chi connectivity index (χ1v) is 7.42. The van der Waals surface area contributed by atoms with Crippen LogP contribution in [0.25, 0.3) is 0 Å². The predicted molar refractivity (Wildman–Crippen MR) is 90.1 cm³/mol. The summed E-state index contributed by atoms with van der Waals surface area (Å²) >= 11 is 0. The van der Waals surface area contributed by atoms with Crippen LogP contribution in [0.5, 0.6) is 0 Å². The molecule has 0 aromatic carbocycles. The molecule has 2 N–H and O–H groups in total. The normalized spacial score (nSPS) is 16.5. The quantitative estimate of drug-likeness (QED) is 0.253. The fourth-order valence-electron chi connectivity index (χ4n) is 1.60. The van der Waals surface area contributed by atoms with Gasteiger partial charge in [-0.3, -0.25) is 9.79 Å². The number of aliphatic hydroxyl groups excluding tert-OH is 1. The van der Waals surface area contributed by atoms with Gasteiger partial charge in [0.05, 0.1) is 18.2 Å². The topological polar surface area (TPSA) is 89.4 Å². The molecule has 0 spiro atoms. The lowest BCUT2D eigenvalue weighted by Gasteiger charge is -2.26. The van der Waals surface area contributed by atoms with Gasteiger partial charge in [-0.2, -0.15) is 0 Å². The average molecular weight is 364 g/mol. The molecule has 0 saturated carbocycles. The highest BCUT2D eigenvalue weighted by atomic mass is 19.2. The summed E-state index contributed by atoms with van der Waals surface area (Å²) in [5.74, 6) is -2.48. The minimum absolute atomic E-state index is 0.0573. The minimum Gasteiger partial charge on any atom is -0.509 e. The van der Waals surface area contributed by atoms with Crippen molar-refractivity contribution in [1.29, 1.82) is 0 Å². The Balaban J connectivity index is 5.30. The maximum absolute atomic E-state index is 14.2. The van der Waals surface area contributed by atoms with Crippen molar-refractivity contribution in [3.63, 3.8) is 0 Å². The lowest BCUT2D eigenvalue weighted by Crippen LogP contribution is -2.47. The Morgan fingerprint density at radius 2 is 1.96 bits per heavy atom. The molecule has 0 fully saturated rings. The van der Waals surface area contributed by atoms with Gasteiger partial charge in [-0.1, -0.05) is 6.58 Å². The Morgan fingerprint density at radius 1 is 1.40 bits per heavy atom. The molecule has 0 aliphatic carbocycles. The molecular weight excluding hydrogens is 338 g/mol. The van der Waals surface area contributed by atoms with E-state index in [1.54, 1.807) is 0 Å². The summed E-state index contributed by atoms with van der Waals surface area (Å²) in [6, 6.07) is -1.23. The van der Waals surface area contributed by atoms with Crippen LogP contribution in [0, 0.1) is 0 Å². The van der Waals surface area contributed by atoms with Crippen molar-refractivity contribution in [2.75, 3.05) is 34.5 Å². The molecule has 0 aliphatic heterocycles. The number of carbonyl (C=O) groups excluding carboxylic acids is 1. The van der Waals surface area contributed by atoms with E-state index in [0.717, 1.165) is 13.1 Å². The van der Waals surface area contributed by atoms with E-state index >= 15 is 0 Å². The second-order valence-electron chi connectivity index (χ2n) is 5.36. The number of hydrogen-bond donors (Lipinski definition) is 2. The summed E-state index contributed by atoms with van der Waals surface area (Å²) in [6.07, 6.45) is 0.453. The van der Waals surface area contributed by atoms with Crippen LogP contribution in [0.3, 0.4) is 0 Å². The Bertz CT molecular complexity index is 517. The number of nitrogens with zero attached hydrogens (tertiary/aromatic N) is 1. The summed E-state index contributed by atoms with van der Waals surface area (Å²) in [7, 11) is 4.16. The number of aliphatic imine (C=N–C) groups is 1. The third kappa shape index (κ3) is 7.29. The maximum atomic E-state index is 14.2. The van der Waals surface area contributed by atoms with E-state index in [9.17, 15) is 18.7 Å². The molecule has 0 rings (SSSR count). The van der Waals surface area contributed by atoms with Crippen LogP contribution in [0.15, 0.2) is 28.7 Å². The highest BCUT2D eigenvalue weighted by Gasteiger charge is 2.36. The number of nitrogens with one attached hydrogen (secondary N) is 1. The first kappa shape index (κ1) is 23.2. The van der Waals surface area contributed by atoms with E-state index in [1.165, 1.54) is 28.3 Å². The molecule has 0 aliphatic rings. The number of hydrogen-bond acceptors (Lipinski definition) is 6. The van der Waals surface area contributed by atoms with Crippen LogP contribution in [-0.2, 0) is 19.0 Å². The molecule has 2 unspecified atom stereocenters. The predicted octanol–water partition coefficient (Wildman–Crippen LogP) is 1.85. The second kappa shape index (κ2) is 10.9. The number of aliphatic hydroxyl groups is 1. The number of carbonyl (C=O) groups is 1. The Labute approximate surface area is 146 Å². The van der Waals surface area contributed by atoms with Crippen molar-refractivity contribution in [3.05, 3.63) is 23.7 Å². The van der Waals surface area contributed by atoms with Crippen LogP contribution >= 0.6 is 0 Å². The SMILES string of the molecule is C=C(F)C(C)(F)C(C)NC(=O)C(C=NCC(OC)OC)=C(O)COC. The zero-order valence-electron chi connectivity index (χ0n) is 15.1. The monoisotopic (exact) mass is 364 g/mol. The van der Waals surface area contributed by atoms with Crippen molar-refractivity contribution in [1.82, 2.24) is 5.32 Å². The molecule has 25 heavy (non-hydrogen) atoms. The third-order valence-electron chi connectivity index (χ3n) is 3.53. The van der Waals surface area contributed by atoms with Gasteiger partial charge in [-0.25, -0.2) is 8.78 Å². The van der Waals surface area contributed by atoms with E-state index in [-0.39, 0.29) is 18.7 Å². The lowest BCUT2D eigenvalue weighted by molar-refractivity contribution is -0.118. The highest BCUT2D eigenvalue weighted by molar-refractivity contribution is 6.12. The number of methoxy groups -OCH3 is 3.